The van der Waals surface area contributed by atoms with Crippen LogP contribution in [0, 0.1) is 0 Å². The Morgan fingerprint density at radius 3 is 1.65 bits per heavy atom. The molecule has 0 heterocycles. The molecule has 0 aliphatic rings. The van der Waals surface area contributed by atoms with Crippen molar-refractivity contribution in [2.45, 2.75) is 25.2 Å². The lowest BCUT2D eigenvalue weighted by molar-refractivity contribution is -0.100. The summed E-state index contributed by atoms with van der Waals surface area (Å²) in [5.74, 6) is 0. The Labute approximate surface area is 138 Å². The molecule has 0 aromatic heterocycles. The van der Waals surface area contributed by atoms with Crippen LogP contribution in [0.1, 0.15) is 17.5 Å². The van der Waals surface area contributed by atoms with Crippen LogP contribution in [0.15, 0.2) is 73.3 Å². The van der Waals surface area contributed by atoms with Crippen molar-refractivity contribution >= 4 is 0 Å². The minimum Gasteiger partial charge on any atom is -0.385 e. The molecule has 122 valence electrons. The Kier molecular flexibility index (Phi) is 7.01. The number of aliphatic hydroxyl groups is 1. The fourth-order valence-electron chi connectivity index (χ4n) is 2.29. The van der Waals surface area contributed by atoms with Crippen LogP contribution < -0.4 is 0 Å². The SMILES string of the molecule is C=CCC(O)(COCc1ccccc1)COCc1ccccc1. The summed E-state index contributed by atoms with van der Waals surface area (Å²) in [5, 5.41) is 10.6. The largest absolute Gasteiger partial charge is 0.385 e. The van der Waals surface area contributed by atoms with Crippen LogP contribution in [0.25, 0.3) is 0 Å². The van der Waals surface area contributed by atoms with Gasteiger partial charge in [0.05, 0.1) is 26.4 Å². The average molecular weight is 312 g/mol. The molecular weight excluding hydrogens is 288 g/mol. The van der Waals surface area contributed by atoms with Gasteiger partial charge in [0.25, 0.3) is 0 Å². The quantitative estimate of drug-likeness (QED) is 0.679. The van der Waals surface area contributed by atoms with Gasteiger partial charge < -0.3 is 14.6 Å². The first-order valence-corrected chi connectivity index (χ1v) is 7.78. The summed E-state index contributed by atoms with van der Waals surface area (Å²) in [4.78, 5) is 0. The smallest absolute Gasteiger partial charge is 0.115 e. The Bertz CT molecular complexity index is 520. The van der Waals surface area contributed by atoms with Gasteiger partial charge in [0.15, 0.2) is 0 Å². The average Bonchev–Trinajstić information content (AvgIpc) is 2.57. The summed E-state index contributed by atoms with van der Waals surface area (Å²) in [7, 11) is 0. The lowest BCUT2D eigenvalue weighted by Crippen LogP contribution is -2.39. The van der Waals surface area contributed by atoms with Crippen molar-refractivity contribution in [2.24, 2.45) is 0 Å². The third kappa shape index (κ3) is 6.37. The van der Waals surface area contributed by atoms with Crippen LogP contribution in [0.5, 0.6) is 0 Å². The monoisotopic (exact) mass is 312 g/mol. The van der Waals surface area contributed by atoms with Gasteiger partial charge in [-0.15, -0.1) is 6.58 Å². The molecule has 0 amide bonds. The zero-order chi connectivity index (χ0) is 16.4. The van der Waals surface area contributed by atoms with Crippen molar-refractivity contribution in [1.29, 1.82) is 0 Å². The van der Waals surface area contributed by atoms with E-state index in [9.17, 15) is 5.11 Å². The molecule has 2 aromatic rings. The van der Waals surface area contributed by atoms with E-state index in [0.29, 0.717) is 19.6 Å². The first kappa shape index (κ1) is 17.4. The van der Waals surface area contributed by atoms with E-state index in [1.807, 2.05) is 60.7 Å². The number of ether oxygens (including phenoxy) is 2. The van der Waals surface area contributed by atoms with Crippen molar-refractivity contribution in [3.05, 3.63) is 84.4 Å². The van der Waals surface area contributed by atoms with Gasteiger partial charge in [0, 0.05) is 0 Å². The maximum atomic E-state index is 10.6. The minimum atomic E-state index is -1.05. The minimum absolute atomic E-state index is 0.211. The van der Waals surface area contributed by atoms with E-state index in [1.54, 1.807) is 6.08 Å². The first-order valence-electron chi connectivity index (χ1n) is 7.78. The first-order chi connectivity index (χ1) is 11.2. The molecule has 3 nitrogen and oxygen atoms in total. The third-order valence-corrected chi connectivity index (χ3v) is 3.49. The van der Waals surface area contributed by atoms with Crippen molar-refractivity contribution in [3.8, 4) is 0 Å². The van der Waals surface area contributed by atoms with Gasteiger partial charge in [-0.1, -0.05) is 66.7 Å². The Morgan fingerprint density at radius 1 is 0.826 bits per heavy atom. The highest BCUT2D eigenvalue weighted by Gasteiger charge is 2.26. The standard InChI is InChI=1S/C20H24O3/c1-2-13-20(21,16-22-14-18-9-5-3-6-10-18)17-23-15-19-11-7-4-8-12-19/h2-12,21H,1,13-17H2. The molecule has 1 N–H and O–H groups in total. The molecule has 0 atom stereocenters. The molecule has 0 radical (unpaired) electrons. The van der Waals surface area contributed by atoms with Crippen molar-refractivity contribution in [1.82, 2.24) is 0 Å². The van der Waals surface area contributed by atoms with Gasteiger partial charge in [-0.25, -0.2) is 0 Å². The Morgan fingerprint density at radius 2 is 1.26 bits per heavy atom. The Balaban J connectivity index is 1.79. The molecular formula is C20H24O3. The highest BCUT2D eigenvalue weighted by Crippen LogP contribution is 2.15. The topological polar surface area (TPSA) is 38.7 Å². The number of hydrogen-bond acceptors (Lipinski definition) is 3. The zero-order valence-electron chi connectivity index (χ0n) is 13.4. The highest BCUT2D eigenvalue weighted by molar-refractivity contribution is 5.14. The second kappa shape index (κ2) is 9.26. The second-order valence-corrected chi connectivity index (χ2v) is 5.67. The van der Waals surface area contributed by atoms with E-state index in [0.717, 1.165) is 11.1 Å². The molecule has 3 heteroatoms. The summed E-state index contributed by atoms with van der Waals surface area (Å²) in [6.07, 6.45) is 2.12. The lowest BCUT2D eigenvalue weighted by atomic mass is 10.0. The second-order valence-electron chi connectivity index (χ2n) is 5.67. The van der Waals surface area contributed by atoms with E-state index in [-0.39, 0.29) is 13.2 Å². The van der Waals surface area contributed by atoms with E-state index in [4.69, 9.17) is 9.47 Å². The van der Waals surface area contributed by atoms with E-state index in [2.05, 4.69) is 6.58 Å². The molecule has 2 aromatic carbocycles. The molecule has 0 saturated carbocycles. The van der Waals surface area contributed by atoms with Gasteiger partial charge in [0.1, 0.15) is 5.60 Å². The molecule has 0 aliphatic heterocycles. The summed E-state index contributed by atoms with van der Waals surface area (Å²) < 4.78 is 11.3. The van der Waals surface area contributed by atoms with Crippen LogP contribution in [-0.4, -0.2) is 23.9 Å². The number of rotatable bonds is 10. The number of hydrogen-bond donors (Lipinski definition) is 1. The van der Waals surface area contributed by atoms with Crippen molar-refractivity contribution < 1.29 is 14.6 Å². The van der Waals surface area contributed by atoms with Gasteiger partial charge in [-0.05, 0) is 17.5 Å². The molecule has 0 spiro atoms. The fourth-order valence-corrected chi connectivity index (χ4v) is 2.29. The van der Waals surface area contributed by atoms with Gasteiger partial charge in [-0.2, -0.15) is 0 Å². The van der Waals surface area contributed by atoms with Crippen LogP contribution in [0.2, 0.25) is 0 Å². The maximum Gasteiger partial charge on any atom is 0.115 e. The van der Waals surface area contributed by atoms with Gasteiger partial charge >= 0.3 is 0 Å². The predicted octanol–water partition coefficient (Wildman–Crippen LogP) is 3.73. The molecule has 0 fully saturated rings. The van der Waals surface area contributed by atoms with Crippen LogP contribution in [-0.2, 0) is 22.7 Å². The zero-order valence-corrected chi connectivity index (χ0v) is 13.4. The van der Waals surface area contributed by atoms with Crippen molar-refractivity contribution in [2.75, 3.05) is 13.2 Å². The molecule has 0 aliphatic carbocycles. The van der Waals surface area contributed by atoms with E-state index in [1.165, 1.54) is 0 Å². The summed E-state index contributed by atoms with van der Waals surface area (Å²) in [6.45, 7) is 5.07. The third-order valence-electron chi connectivity index (χ3n) is 3.49. The molecule has 0 unspecified atom stereocenters. The molecule has 0 bridgehead atoms. The van der Waals surface area contributed by atoms with E-state index >= 15 is 0 Å². The lowest BCUT2D eigenvalue weighted by Gasteiger charge is -2.26. The fraction of sp³-hybridized carbons (Fsp3) is 0.300. The number of benzene rings is 2. The summed E-state index contributed by atoms with van der Waals surface area (Å²) in [6, 6.07) is 19.8. The van der Waals surface area contributed by atoms with Crippen LogP contribution in [0.3, 0.4) is 0 Å². The van der Waals surface area contributed by atoms with Gasteiger partial charge in [-0.3, -0.25) is 0 Å². The van der Waals surface area contributed by atoms with Crippen LogP contribution >= 0.6 is 0 Å². The van der Waals surface area contributed by atoms with Gasteiger partial charge in [0.2, 0.25) is 0 Å². The highest BCUT2D eigenvalue weighted by atomic mass is 16.5. The van der Waals surface area contributed by atoms with Crippen molar-refractivity contribution in [3.63, 3.8) is 0 Å². The predicted molar refractivity (Wildman–Crippen MR) is 92.0 cm³/mol. The molecule has 2 rings (SSSR count). The van der Waals surface area contributed by atoms with Crippen LogP contribution in [0.4, 0.5) is 0 Å². The Hall–Kier alpha value is -1.94. The van der Waals surface area contributed by atoms with E-state index < -0.39 is 5.60 Å². The molecule has 23 heavy (non-hydrogen) atoms. The molecule has 0 saturated heterocycles. The summed E-state index contributed by atoms with van der Waals surface area (Å²) >= 11 is 0. The normalized spacial score (nSPS) is 11.3. The summed E-state index contributed by atoms with van der Waals surface area (Å²) in [5.41, 5.74) is 1.11. The maximum absolute atomic E-state index is 10.6.